The van der Waals surface area contributed by atoms with Gasteiger partial charge >= 0.3 is 0 Å². The molecule has 2 heterocycles. The van der Waals surface area contributed by atoms with Crippen molar-refractivity contribution in [2.24, 2.45) is 0 Å². The highest BCUT2D eigenvalue weighted by Gasteiger charge is 2.58. The largest absolute Gasteiger partial charge is 0.394 e. The minimum absolute atomic E-state index is 0.172. The van der Waals surface area contributed by atoms with Gasteiger partial charge in [-0.2, -0.15) is 0 Å². The second kappa shape index (κ2) is 4.61. The SMILES string of the molecule is CNC=C1CC2(CC(=O)NC2=O)N(C2CCCC2)C1=N. The van der Waals surface area contributed by atoms with Crippen molar-refractivity contribution >= 4 is 17.6 Å². The fraction of sp³-hybridized carbons (Fsp3) is 0.643. The first-order chi connectivity index (χ1) is 9.58. The molecule has 1 saturated carbocycles. The molecular weight excluding hydrogens is 256 g/mol. The number of amides is 2. The number of hydrogen-bond donors (Lipinski definition) is 3. The Morgan fingerprint density at radius 1 is 1.35 bits per heavy atom. The van der Waals surface area contributed by atoms with Gasteiger partial charge in [-0.15, -0.1) is 0 Å². The molecule has 3 fully saturated rings. The average molecular weight is 276 g/mol. The predicted molar refractivity (Wildman–Crippen MR) is 74.1 cm³/mol. The van der Waals surface area contributed by atoms with Gasteiger partial charge in [0.2, 0.25) is 5.91 Å². The zero-order valence-corrected chi connectivity index (χ0v) is 11.7. The van der Waals surface area contributed by atoms with Crippen LogP contribution in [0.25, 0.3) is 0 Å². The molecule has 0 aromatic carbocycles. The van der Waals surface area contributed by atoms with E-state index in [9.17, 15) is 9.59 Å². The van der Waals surface area contributed by atoms with E-state index in [1.807, 2.05) is 4.90 Å². The Balaban J connectivity index is 2.01. The molecule has 3 aliphatic rings. The summed E-state index contributed by atoms with van der Waals surface area (Å²) in [6.07, 6.45) is 6.65. The van der Waals surface area contributed by atoms with Crippen LogP contribution in [0.4, 0.5) is 0 Å². The molecule has 3 rings (SSSR count). The highest BCUT2D eigenvalue weighted by atomic mass is 16.2. The van der Waals surface area contributed by atoms with Crippen molar-refractivity contribution < 1.29 is 9.59 Å². The van der Waals surface area contributed by atoms with E-state index in [4.69, 9.17) is 5.41 Å². The molecule has 108 valence electrons. The normalized spacial score (nSPS) is 32.8. The minimum atomic E-state index is -0.855. The summed E-state index contributed by atoms with van der Waals surface area (Å²) in [7, 11) is 1.78. The third-order valence-corrected chi connectivity index (χ3v) is 4.63. The molecule has 2 saturated heterocycles. The molecule has 0 bridgehead atoms. The first-order valence-corrected chi connectivity index (χ1v) is 7.17. The van der Waals surface area contributed by atoms with E-state index < -0.39 is 5.54 Å². The molecule has 1 aliphatic carbocycles. The van der Waals surface area contributed by atoms with E-state index in [0.717, 1.165) is 31.3 Å². The van der Waals surface area contributed by atoms with E-state index >= 15 is 0 Å². The molecule has 20 heavy (non-hydrogen) atoms. The van der Waals surface area contributed by atoms with Crippen LogP contribution in [0.2, 0.25) is 0 Å². The highest BCUT2D eigenvalue weighted by Crippen LogP contribution is 2.43. The zero-order chi connectivity index (χ0) is 14.3. The molecule has 3 N–H and O–H groups in total. The van der Waals surface area contributed by atoms with Crippen molar-refractivity contribution in [3.8, 4) is 0 Å². The number of nitrogens with one attached hydrogen (secondary N) is 3. The summed E-state index contributed by atoms with van der Waals surface area (Å²) >= 11 is 0. The van der Waals surface area contributed by atoms with Gasteiger partial charge < -0.3 is 10.2 Å². The molecule has 6 nitrogen and oxygen atoms in total. The first-order valence-electron chi connectivity index (χ1n) is 7.17. The number of hydrogen-bond acceptors (Lipinski definition) is 4. The van der Waals surface area contributed by atoms with Crippen LogP contribution in [-0.4, -0.2) is 41.2 Å². The van der Waals surface area contributed by atoms with Crippen LogP contribution in [0.3, 0.4) is 0 Å². The molecule has 0 aromatic heterocycles. The summed E-state index contributed by atoms with van der Waals surface area (Å²) in [5, 5.41) is 13.8. The molecule has 6 heteroatoms. The molecule has 0 radical (unpaired) electrons. The molecule has 2 aliphatic heterocycles. The maximum Gasteiger partial charge on any atom is 0.253 e. The van der Waals surface area contributed by atoms with E-state index in [1.165, 1.54) is 0 Å². The fourth-order valence-corrected chi connectivity index (χ4v) is 3.81. The van der Waals surface area contributed by atoms with Crippen LogP contribution in [0.5, 0.6) is 0 Å². The van der Waals surface area contributed by atoms with Gasteiger partial charge in [0.15, 0.2) is 0 Å². The van der Waals surface area contributed by atoms with Crippen molar-refractivity contribution in [1.82, 2.24) is 15.5 Å². The molecule has 1 unspecified atom stereocenters. The Kier molecular flexibility index (Phi) is 3.03. The van der Waals surface area contributed by atoms with Crippen molar-refractivity contribution in [3.05, 3.63) is 11.8 Å². The van der Waals surface area contributed by atoms with Gasteiger partial charge in [0, 0.05) is 31.3 Å². The van der Waals surface area contributed by atoms with Gasteiger partial charge in [0.05, 0.1) is 6.42 Å². The molecular formula is C14H20N4O2. The summed E-state index contributed by atoms with van der Waals surface area (Å²) in [5.74, 6) is -0.0637. The van der Waals surface area contributed by atoms with Gasteiger partial charge in [-0.05, 0) is 12.8 Å². The second-order valence-electron chi connectivity index (χ2n) is 5.88. The number of carbonyl (C=O) groups excluding carboxylic acids is 2. The Morgan fingerprint density at radius 3 is 2.60 bits per heavy atom. The lowest BCUT2D eigenvalue weighted by atomic mass is 9.91. The number of imide groups is 1. The van der Waals surface area contributed by atoms with Crippen LogP contribution < -0.4 is 10.6 Å². The molecule has 0 aromatic rings. The van der Waals surface area contributed by atoms with Crippen molar-refractivity contribution in [1.29, 1.82) is 5.41 Å². The second-order valence-corrected chi connectivity index (χ2v) is 5.88. The average Bonchev–Trinajstić information content (AvgIpc) is 3.04. The topological polar surface area (TPSA) is 85.3 Å². The van der Waals surface area contributed by atoms with Crippen molar-refractivity contribution in [3.63, 3.8) is 0 Å². The first kappa shape index (κ1) is 13.1. The lowest BCUT2D eigenvalue weighted by Gasteiger charge is -2.37. The summed E-state index contributed by atoms with van der Waals surface area (Å²) in [6, 6.07) is 0.210. The molecule has 1 spiro atoms. The smallest absolute Gasteiger partial charge is 0.253 e. The number of carbonyl (C=O) groups is 2. The Hall–Kier alpha value is -1.85. The van der Waals surface area contributed by atoms with E-state index in [2.05, 4.69) is 10.6 Å². The van der Waals surface area contributed by atoms with Gasteiger partial charge in [-0.25, -0.2) is 0 Å². The summed E-state index contributed by atoms with van der Waals surface area (Å²) in [4.78, 5) is 26.0. The maximum atomic E-state index is 12.4. The van der Waals surface area contributed by atoms with Crippen molar-refractivity contribution in [2.75, 3.05) is 7.05 Å². The van der Waals surface area contributed by atoms with Crippen LogP contribution in [-0.2, 0) is 9.59 Å². The van der Waals surface area contributed by atoms with E-state index in [0.29, 0.717) is 12.3 Å². The van der Waals surface area contributed by atoms with Crippen LogP contribution >= 0.6 is 0 Å². The van der Waals surface area contributed by atoms with E-state index in [1.54, 1.807) is 13.2 Å². The van der Waals surface area contributed by atoms with Crippen LogP contribution in [0, 0.1) is 5.41 Å². The Labute approximate surface area is 118 Å². The number of rotatable bonds is 2. The maximum absolute atomic E-state index is 12.4. The molecule has 1 atom stereocenters. The van der Waals surface area contributed by atoms with Crippen LogP contribution in [0.1, 0.15) is 38.5 Å². The third-order valence-electron chi connectivity index (χ3n) is 4.63. The lowest BCUT2D eigenvalue weighted by molar-refractivity contribution is -0.128. The third kappa shape index (κ3) is 1.74. The number of likely N-dealkylation sites (tertiary alicyclic amines) is 1. The Morgan fingerprint density at radius 2 is 2.05 bits per heavy atom. The minimum Gasteiger partial charge on any atom is -0.394 e. The summed E-state index contributed by atoms with van der Waals surface area (Å²) < 4.78 is 0. The van der Waals surface area contributed by atoms with Gasteiger partial charge in [0.1, 0.15) is 11.4 Å². The Bertz CT molecular complexity index is 507. The fourth-order valence-electron chi connectivity index (χ4n) is 3.81. The summed E-state index contributed by atoms with van der Waals surface area (Å²) in [6.45, 7) is 0. The number of amidine groups is 1. The van der Waals surface area contributed by atoms with Gasteiger partial charge in [0.25, 0.3) is 5.91 Å². The van der Waals surface area contributed by atoms with Crippen molar-refractivity contribution in [2.45, 2.75) is 50.1 Å². The van der Waals surface area contributed by atoms with Crippen LogP contribution in [0.15, 0.2) is 11.8 Å². The number of nitrogens with zero attached hydrogens (tertiary/aromatic N) is 1. The van der Waals surface area contributed by atoms with Gasteiger partial charge in [-0.1, -0.05) is 12.8 Å². The summed E-state index contributed by atoms with van der Waals surface area (Å²) in [5.41, 5.74) is -0.0458. The quantitative estimate of drug-likeness (QED) is 0.641. The monoisotopic (exact) mass is 276 g/mol. The predicted octanol–water partition coefficient (Wildman–Crippen LogP) is 0.501. The molecule has 2 amide bonds. The lowest BCUT2D eigenvalue weighted by Crippen LogP contribution is -2.54. The highest BCUT2D eigenvalue weighted by molar-refractivity contribution is 6.14. The zero-order valence-electron chi connectivity index (χ0n) is 11.7. The van der Waals surface area contributed by atoms with Gasteiger partial charge in [-0.3, -0.25) is 20.3 Å². The standard InChI is InChI=1S/C14H20N4O2/c1-16-8-9-6-14(7-11(19)17-13(14)20)18(12(9)15)10-4-2-3-5-10/h8,10,15-16H,2-7H2,1H3,(H,17,19,20). The van der Waals surface area contributed by atoms with E-state index in [-0.39, 0.29) is 24.3 Å².